The number of rotatable bonds is 5. The first-order valence-electron chi connectivity index (χ1n) is 8.93. The minimum Gasteiger partial charge on any atom is -0.457 e. The maximum absolute atomic E-state index is 12.6. The fraction of sp³-hybridized carbons (Fsp3) is 0.0455. The average Bonchev–Trinajstić information content (AvgIpc) is 3.12. The number of halogens is 1. The second kappa shape index (κ2) is 8.16. The summed E-state index contributed by atoms with van der Waals surface area (Å²) >= 11 is 6.04. The smallest absolute Gasteiger partial charge is 0.278 e. The zero-order valence-corrected chi connectivity index (χ0v) is 16.3. The summed E-state index contributed by atoms with van der Waals surface area (Å²) in [6.07, 6.45) is 0. The molecule has 7 heteroatoms. The third-order valence-corrected chi connectivity index (χ3v) is 4.49. The van der Waals surface area contributed by atoms with Crippen molar-refractivity contribution in [2.75, 3.05) is 5.32 Å². The number of carbonyl (C=O) groups is 1. The first kappa shape index (κ1) is 18.7. The van der Waals surface area contributed by atoms with Gasteiger partial charge < -0.3 is 10.1 Å². The van der Waals surface area contributed by atoms with E-state index in [1.807, 2.05) is 42.5 Å². The molecule has 29 heavy (non-hydrogen) atoms. The van der Waals surface area contributed by atoms with Gasteiger partial charge in [0.25, 0.3) is 5.91 Å². The van der Waals surface area contributed by atoms with Gasteiger partial charge in [-0.3, -0.25) is 4.79 Å². The van der Waals surface area contributed by atoms with Gasteiger partial charge in [-0.05, 0) is 61.5 Å². The van der Waals surface area contributed by atoms with Crippen molar-refractivity contribution >= 4 is 23.2 Å². The van der Waals surface area contributed by atoms with Crippen LogP contribution in [0.5, 0.6) is 11.5 Å². The Balaban J connectivity index is 1.47. The Kier molecular flexibility index (Phi) is 5.27. The number of anilines is 1. The lowest BCUT2D eigenvalue weighted by Crippen LogP contribution is -2.14. The number of nitrogens with one attached hydrogen (secondary N) is 1. The third kappa shape index (κ3) is 4.28. The number of amides is 1. The molecule has 4 aromatic rings. The molecule has 3 aromatic carbocycles. The number of ether oxygens (including phenoxy) is 1. The molecule has 0 unspecified atom stereocenters. The lowest BCUT2D eigenvalue weighted by atomic mass is 10.2. The molecule has 0 spiro atoms. The third-order valence-electron chi connectivity index (χ3n) is 4.25. The number of benzene rings is 3. The molecular formula is C22H17ClN4O2. The van der Waals surface area contributed by atoms with E-state index in [4.69, 9.17) is 16.3 Å². The minimum absolute atomic E-state index is 0.245. The van der Waals surface area contributed by atoms with E-state index in [1.54, 1.807) is 48.0 Å². The van der Waals surface area contributed by atoms with Gasteiger partial charge in [0.2, 0.25) is 0 Å². The summed E-state index contributed by atoms with van der Waals surface area (Å²) in [5.41, 5.74) is 2.24. The molecule has 0 atom stereocenters. The summed E-state index contributed by atoms with van der Waals surface area (Å²) < 4.78 is 7.34. The predicted octanol–water partition coefficient (Wildman–Crippen LogP) is 5.27. The molecule has 0 aliphatic heterocycles. The summed E-state index contributed by atoms with van der Waals surface area (Å²) in [4.78, 5) is 12.6. The van der Waals surface area contributed by atoms with Crippen LogP contribution in [0, 0.1) is 6.92 Å². The number of hydrogen-bond donors (Lipinski definition) is 1. The van der Waals surface area contributed by atoms with Crippen molar-refractivity contribution in [3.05, 3.63) is 95.3 Å². The Labute approximate surface area is 172 Å². The topological polar surface area (TPSA) is 69.0 Å². The Morgan fingerprint density at radius 2 is 1.69 bits per heavy atom. The van der Waals surface area contributed by atoms with Crippen molar-refractivity contribution in [1.29, 1.82) is 0 Å². The number of para-hydroxylation sites is 1. The molecule has 0 saturated heterocycles. The lowest BCUT2D eigenvalue weighted by Gasteiger charge is -2.08. The summed E-state index contributed by atoms with van der Waals surface area (Å²) in [5.74, 6) is 1.09. The van der Waals surface area contributed by atoms with Crippen LogP contribution in [-0.4, -0.2) is 20.9 Å². The number of nitrogens with zero attached hydrogens (tertiary/aromatic N) is 3. The zero-order chi connectivity index (χ0) is 20.2. The number of hydrogen-bond acceptors (Lipinski definition) is 4. The molecule has 0 aliphatic carbocycles. The molecule has 144 valence electrons. The van der Waals surface area contributed by atoms with Crippen LogP contribution >= 0.6 is 11.6 Å². The van der Waals surface area contributed by atoms with Gasteiger partial charge in [0.1, 0.15) is 11.5 Å². The van der Waals surface area contributed by atoms with E-state index in [9.17, 15) is 4.79 Å². The summed E-state index contributed by atoms with van der Waals surface area (Å²) in [7, 11) is 0. The van der Waals surface area contributed by atoms with Crippen molar-refractivity contribution in [3.8, 4) is 17.2 Å². The first-order valence-corrected chi connectivity index (χ1v) is 9.30. The zero-order valence-electron chi connectivity index (χ0n) is 15.5. The molecule has 0 aliphatic rings. The highest BCUT2D eigenvalue weighted by atomic mass is 35.5. The normalized spacial score (nSPS) is 10.6. The van der Waals surface area contributed by atoms with Gasteiger partial charge >= 0.3 is 0 Å². The molecule has 4 rings (SSSR count). The second-order valence-corrected chi connectivity index (χ2v) is 6.75. The highest BCUT2D eigenvalue weighted by molar-refractivity contribution is 6.30. The minimum atomic E-state index is -0.340. The predicted molar refractivity (Wildman–Crippen MR) is 112 cm³/mol. The van der Waals surface area contributed by atoms with Crippen molar-refractivity contribution in [2.24, 2.45) is 0 Å². The Morgan fingerprint density at radius 1 is 0.966 bits per heavy atom. The molecular weight excluding hydrogens is 388 g/mol. The molecule has 6 nitrogen and oxygen atoms in total. The van der Waals surface area contributed by atoms with Crippen LogP contribution in [0.25, 0.3) is 5.69 Å². The van der Waals surface area contributed by atoms with Crippen molar-refractivity contribution in [2.45, 2.75) is 6.92 Å². The van der Waals surface area contributed by atoms with Crippen LogP contribution in [0.3, 0.4) is 0 Å². The van der Waals surface area contributed by atoms with Gasteiger partial charge in [0.05, 0.1) is 11.4 Å². The van der Waals surface area contributed by atoms with Crippen LogP contribution < -0.4 is 10.1 Å². The van der Waals surface area contributed by atoms with E-state index in [-0.39, 0.29) is 11.6 Å². The SMILES string of the molecule is Cc1c(C(=O)Nc2ccc(Oc3ccccc3)cc2)nnn1-c1cccc(Cl)c1. The molecule has 1 amide bonds. The van der Waals surface area contributed by atoms with Crippen LogP contribution in [0.15, 0.2) is 78.9 Å². The number of aromatic nitrogens is 3. The average molecular weight is 405 g/mol. The fourth-order valence-corrected chi connectivity index (χ4v) is 3.00. The van der Waals surface area contributed by atoms with Crippen molar-refractivity contribution in [1.82, 2.24) is 15.0 Å². The van der Waals surface area contributed by atoms with E-state index in [2.05, 4.69) is 15.6 Å². The maximum atomic E-state index is 12.6. The van der Waals surface area contributed by atoms with E-state index >= 15 is 0 Å². The monoisotopic (exact) mass is 404 g/mol. The standard InChI is InChI=1S/C22H17ClN4O2/c1-15-21(25-26-27(15)18-7-5-6-16(23)14-18)22(28)24-17-10-12-20(13-11-17)29-19-8-3-2-4-9-19/h2-14H,1H3,(H,24,28). The second-order valence-electron chi connectivity index (χ2n) is 6.31. The molecule has 0 fully saturated rings. The van der Waals surface area contributed by atoms with Gasteiger partial charge in [-0.2, -0.15) is 0 Å². The van der Waals surface area contributed by atoms with Crippen LogP contribution in [-0.2, 0) is 0 Å². The van der Waals surface area contributed by atoms with E-state index in [1.165, 1.54) is 0 Å². The Bertz CT molecular complexity index is 1140. The van der Waals surface area contributed by atoms with E-state index in [0.29, 0.717) is 22.2 Å². The van der Waals surface area contributed by atoms with Crippen molar-refractivity contribution < 1.29 is 9.53 Å². The van der Waals surface area contributed by atoms with Gasteiger partial charge in [0.15, 0.2) is 5.69 Å². The summed E-state index contributed by atoms with van der Waals surface area (Å²) in [6.45, 7) is 1.78. The van der Waals surface area contributed by atoms with Gasteiger partial charge in [-0.25, -0.2) is 4.68 Å². The highest BCUT2D eigenvalue weighted by Gasteiger charge is 2.17. The van der Waals surface area contributed by atoms with Crippen molar-refractivity contribution in [3.63, 3.8) is 0 Å². The molecule has 0 radical (unpaired) electrons. The largest absolute Gasteiger partial charge is 0.457 e. The maximum Gasteiger partial charge on any atom is 0.278 e. The van der Waals surface area contributed by atoms with Gasteiger partial charge in [-0.1, -0.05) is 41.1 Å². The highest BCUT2D eigenvalue weighted by Crippen LogP contribution is 2.23. The molecule has 0 saturated carbocycles. The summed E-state index contributed by atoms with van der Waals surface area (Å²) in [5, 5.41) is 11.5. The quantitative estimate of drug-likeness (QED) is 0.491. The van der Waals surface area contributed by atoms with Crippen LogP contribution in [0.2, 0.25) is 5.02 Å². The fourth-order valence-electron chi connectivity index (χ4n) is 2.81. The van der Waals surface area contributed by atoms with Crippen LogP contribution in [0.4, 0.5) is 5.69 Å². The molecule has 1 N–H and O–H groups in total. The van der Waals surface area contributed by atoms with Crippen LogP contribution in [0.1, 0.15) is 16.2 Å². The Morgan fingerprint density at radius 3 is 2.41 bits per heavy atom. The molecule has 1 aromatic heterocycles. The molecule has 1 heterocycles. The van der Waals surface area contributed by atoms with Gasteiger partial charge in [-0.15, -0.1) is 5.10 Å². The van der Waals surface area contributed by atoms with E-state index in [0.717, 1.165) is 11.4 Å². The van der Waals surface area contributed by atoms with E-state index < -0.39 is 0 Å². The molecule has 0 bridgehead atoms. The first-order chi connectivity index (χ1) is 14.1. The lowest BCUT2D eigenvalue weighted by molar-refractivity contribution is 0.102. The summed E-state index contributed by atoms with van der Waals surface area (Å²) in [6, 6.07) is 23.8. The van der Waals surface area contributed by atoms with Gasteiger partial charge in [0, 0.05) is 10.7 Å². The Hall–Kier alpha value is -3.64. The number of carbonyl (C=O) groups excluding carboxylic acids is 1.